The fourth-order valence-corrected chi connectivity index (χ4v) is 2.23. The van der Waals surface area contributed by atoms with Gasteiger partial charge in [0.15, 0.2) is 0 Å². The quantitative estimate of drug-likeness (QED) is 0.604. The molecule has 2 atom stereocenters. The Kier molecular flexibility index (Phi) is 2.40. The summed E-state index contributed by atoms with van der Waals surface area (Å²) < 4.78 is 0. The third kappa shape index (κ3) is 1.37. The molecule has 0 amide bonds. The molecule has 1 aromatic rings. The predicted octanol–water partition coefficient (Wildman–Crippen LogP) is 3.63. The minimum atomic E-state index is 0.803. The number of hydrogen-bond acceptors (Lipinski definition) is 1. The van der Waals surface area contributed by atoms with Gasteiger partial charge in [-0.3, -0.25) is 4.98 Å². The van der Waals surface area contributed by atoms with E-state index in [1.54, 1.807) is 0 Å². The molecule has 0 spiro atoms. The Morgan fingerprint density at radius 2 is 2.14 bits per heavy atom. The van der Waals surface area contributed by atoms with Gasteiger partial charge in [-0.15, -0.1) is 0 Å². The molecule has 2 unspecified atom stereocenters. The molecule has 0 radical (unpaired) electrons. The maximum atomic E-state index is 4.18. The Morgan fingerprint density at radius 3 is 2.93 bits per heavy atom. The minimum absolute atomic E-state index is 0.803. The van der Waals surface area contributed by atoms with Gasteiger partial charge >= 0.3 is 0 Å². The second kappa shape index (κ2) is 3.56. The van der Waals surface area contributed by atoms with Gasteiger partial charge in [0.05, 0.1) is 0 Å². The first-order valence-electron chi connectivity index (χ1n) is 5.49. The van der Waals surface area contributed by atoms with Crippen LogP contribution in [0, 0.1) is 5.92 Å². The van der Waals surface area contributed by atoms with Crippen LogP contribution in [-0.2, 0) is 0 Å². The van der Waals surface area contributed by atoms with E-state index >= 15 is 0 Å². The number of aromatic nitrogens is 1. The second-order valence-corrected chi connectivity index (χ2v) is 3.82. The average molecular weight is 187 g/mol. The van der Waals surface area contributed by atoms with Crippen molar-refractivity contribution in [3.05, 3.63) is 35.7 Å². The molecule has 0 N–H and O–H groups in total. The molecule has 1 nitrogen and oxygen atoms in total. The summed E-state index contributed by atoms with van der Waals surface area (Å²) in [5.41, 5.74) is 4.33. The van der Waals surface area contributed by atoms with Gasteiger partial charge in [0.25, 0.3) is 0 Å². The van der Waals surface area contributed by atoms with Gasteiger partial charge < -0.3 is 0 Å². The van der Waals surface area contributed by atoms with Crippen molar-refractivity contribution in [2.24, 2.45) is 5.92 Å². The topological polar surface area (TPSA) is 12.9 Å². The Hall–Kier alpha value is -1.11. The van der Waals surface area contributed by atoms with Gasteiger partial charge in [-0.2, -0.15) is 0 Å². The number of hydrogen-bond donors (Lipinski definition) is 0. The molecule has 74 valence electrons. The van der Waals surface area contributed by atoms with E-state index in [4.69, 9.17) is 0 Å². The first kappa shape index (κ1) is 9.45. The molecule has 1 saturated carbocycles. The van der Waals surface area contributed by atoms with Gasteiger partial charge in [0.1, 0.15) is 0 Å². The smallest absolute Gasteiger partial charge is 0.0308 e. The van der Waals surface area contributed by atoms with E-state index < -0.39 is 0 Å². The van der Waals surface area contributed by atoms with Gasteiger partial charge in [-0.05, 0) is 47.9 Å². The van der Waals surface area contributed by atoms with E-state index in [2.05, 4.69) is 24.1 Å². The SMILES string of the molecule is CC.CC1=CC2CC2c2cnccc21. The molecule has 0 bridgehead atoms. The molecule has 14 heavy (non-hydrogen) atoms. The summed E-state index contributed by atoms with van der Waals surface area (Å²) in [4.78, 5) is 4.18. The lowest BCUT2D eigenvalue weighted by atomic mass is 9.94. The summed E-state index contributed by atoms with van der Waals surface area (Å²) in [6, 6.07) is 2.13. The first-order chi connectivity index (χ1) is 6.86. The summed E-state index contributed by atoms with van der Waals surface area (Å²) >= 11 is 0. The minimum Gasteiger partial charge on any atom is -0.264 e. The number of pyridine rings is 1. The molecule has 0 saturated heterocycles. The van der Waals surface area contributed by atoms with Crippen LogP contribution in [0.25, 0.3) is 5.57 Å². The number of nitrogens with zero attached hydrogens (tertiary/aromatic N) is 1. The molecule has 1 heteroatoms. The average Bonchev–Trinajstić information content (AvgIpc) is 3.01. The lowest BCUT2D eigenvalue weighted by molar-refractivity contribution is 0.970. The summed E-state index contributed by atoms with van der Waals surface area (Å²) in [7, 11) is 0. The maximum Gasteiger partial charge on any atom is 0.0308 e. The molecule has 0 aliphatic heterocycles. The Bertz CT molecular complexity index is 365. The van der Waals surface area contributed by atoms with Gasteiger partial charge in [-0.25, -0.2) is 0 Å². The molecule has 1 aromatic heterocycles. The van der Waals surface area contributed by atoms with Crippen LogP contribution in [0.5, 0.6) is 0 Å². The van der Waals surface area contributed by atoms with Gasteiger partial charge in [0.2, 0.25) is 0 Å². The largest absolute Gasteiger partial charge is 0.264 e. The Labute approximate surface area is 85.9 Å². The molecular formula is C13H17N. The maximum absolute atomic E-state index is 4.18. The predicted molar refractivity (Wildman–Crippen MR) is 60.1 cm³/mol. The van der Waals surface area contributed by atoms with Crippen molar-refractivity contribution in [1.82, 2.24) is 4.98 Å². The molecule has 1 fully saturated rings. The molecule has 3 rings (SSSR count). The van der Waals surface area contributed by atoms with Crippen LogP contribution in [-0.4, -0.2) is 4.98 Å². The monoisotopic (exact) mass is 187 g/mol. The second-order valence-electron chi connectivity index (χ2n) is 3.82. The Balaban J connectivity index is 0.000000354. The highest BCUT2D eigenvalue weighted by Gasteiger charge is 2.40. The molecule has 2 aliphatic rings. The van der Waals surface area contributed by atoms with E-state index in [0.717, 1.165) is 11.8 Å². The van der Waals surface area contributed by atoms with Crippen LogP contribution in [0.2, 0.25) is 0 Å². The summed E-state index contributed by atoms with van der Waals surface area (Å²) in [5, 5.41) is 0. The third-order valence-electron chi connectivity index (χ3n) is 2.98. The van der Waals surface area contributed by atoms with E-state index in [0.29, 0.717) is 0 Å². The summed E-state index contributed by atoms with van der Waals surface area (Å²) in [6.45, 7) is 6.20. The highest BCUT2D eigenvalue weighted by molar-refractivity contribution is 5.71. The van der Waals surface area contributed by atoms with E-state index in [9.17, 15) is 0 Å². The van der Waals surface area contributed by atoms with Crippen molar-refractivity contribution in [2.45, 2.75) is 33.1 Å². The molecule has 0 aromatic carbocycles. The van der Waals surface area contributed by atoms with Crippen molar-refractivity contribution in [2.75, 3.05) is 0 Å². The van der Waals surface area contributed by atoms with Crippen molar-refractivity contribution in [3.63, 3.8) is 0 Å². The van der Waals surface area contributed by atoms with Crippen LogP contribution in [0.3, 0.4) is 0 Å². The third-order valence-corrected chi connectivity index (χ3v) is 2.98. The lowest BCUT2D eigenvalue weighted by Gasteiger charge is -2.12. The van der Waals surface area contributed by atoms with Crippen molar-refractivity contribution >= 4 is 5.57 Å². The standard InChI is InChI=1S/C11H11N.C2H6/c1-7-4-8-5-10(8)11-6-12-3-2-9(7)11;1-2/h2-4,6,8,10H,5H2,1H3;1-2H3. The normalized spacial score (nSPS) is 26.4. The van der Waals surface area contributed by atoms with Gasteiger partial charge in [-0.1, -0.05) is 19.9 Å². The number of rotatable bonds is 0. The molecular weight excluding hydrogens is 170 g/mol. The summed E-state index contributed by atoms with van der Waals surface area (Å²) in [5.74, 6) is 1.64. The van der Waals surface area contributed by atoms with Crippen LogP contribution < -0.4 is 0 Å². The zero-order chi connectivity index (χ0) is 10.1. The number of allylic oxidation sites excluding steroid dienone is 2. The van der Waals surface area contributed by atoms with Crippen molar-refractivity contribution in [1.29, 1.82) is 0 Å². The van der Waals surface area contributed by atoms with E-state index in [1.807, 2.05) is 26.2 Å². The fourth-order valence-electron chi connectivity index (χ4n) is 2.23. The summed E-state index contributed by atoms with van der Waals surface area (Å²) in [6.07, 6.45) is 7.68. The van der Waals surface area contributed by atoms with Crippen molar-refractivity contribution in [3.8, 4) is 0 Å². The number of fused-ring (bicyclic) bond motifs is 3. The fraction of sp³-hybridized carbons (Fsp3) is 0.462. The lowest BCUT2D eigenvalue weighted by Crippen LogP contribution is -1.96. The first-order valence-corrected chi connectivity index (χ1v) is 5.49. The van der Waals surface area contributed by atoms with Crippen LogP contribution >= 0.6 is 0 Å². The van der Waals surface area contributed by atoms with Crippen LogP contribution in [0.4, 0.5) is 0 Å². The van der Waals surface area contributed by atoms with E-state index in [1.165, 1.54) is 23.1 Å². The molecule has 1 heterocycles. The highest BCUT2D eigenvalue weighted by Crippen LogP contribution is 2.54. The van der Waals surface area contributed by atoms with Crippen molar-refractivity contribution < 1.29 is 0 Å². The van der Waals surface area contributed by atoms with Crippen LogP contribution in [0.15, 0.2) is 24.5 Å². The zero-order valence-corrected chi connectivity index (χ0v) is 9.12. The van der Waals surface area contributed by atoms with Crippen LogP contribution in [0.1, 0.15) is 44.2 Å². The van der Waals surface area contributed by atoms with Gasteiger partial charge in [0, 0.05) is 12.4 Å². The highest BCUT2D eigenvalue weighted by atomic mass is 14.6. The Morgan fingerprint density at radius 1 is 1.36 bits per heavy atom. The van der Waals surface area contributed by atoms with E-state index in [-0.39, 0.29) is 0 Å². The zero-order valence-electron chi connectivity index (χ0n) is 9.12. The molecule has 2 aliphatic carbocycles.